The second-order valence-electron chi connectivity index (χ2n) is 11.2. The van der Waals surface area contributed by atoms with Gasteiger partial charge in [-0.05, 0) is 68.2 Å². The summed E-state index contributed by atoms with van der Waals surface area (Å²) in [4.78, 5) is 55.6. The summed E-state index contributed by atoms with van der Waals surface area (Å²) in [7, 11) is 1.16. The fourth-order valence-electron chi connectivity index (χ4n) is 5.35. The Morgan fingerprint density at radius 2 is 1.83 bits per heavy atom. The van der Waals surface area contributed by atoms with E-state index in [0.29, 0.717) is 36.1 Å². The van der Waals surface area contributed by atoms with Crippen molar-refractivity contribution in [2.45, 2.75) is 44.9 Å². The van der Waals surface area contributed by atoms with Gasteiger partial charge in [0.2, 0.25) is 11.8 Å². The smallest absolute Gasteiger partial charge is 0.407 e. The number of allylic oxidation sites excluding steroid dienone is 1. The summed E-state index contributed by atoms with van der Waals surface area (Å²) in [5.41, 5.74) is 0.385. The van der Waals surface area contributed by atoms with Crippen LogP contribution >= 0.6 is 0 Å². The van der Waals surface area contributed by atoms with Crippen molar-refractivity contribution in [1.82, 2.24) is 19.8 Å². The highest BCUT2D eigenvalue weighted by Gasteiger charge is 2.22. The van der Waals surface area contributed by atoms with E-state index in [9.17, 15) is 32.3 Å². The molecule has 3 heterocycles. The van der Waals surface area contributed by atoms with Crippen LogP contribution in [0.1, 0.15) is 36.9 Å². The van der Waals surface area contributed by atoms with Crippen molar-refractivity contribution in [2.24, 2.45) is 0 Å². The van der Waals surface area contributed by atoms with E-state index in [2.05, 4.69) is 20.4 Å². The first kappa shape index (κ1) is 33.8. The van der Waals surface area contributed by atoms with Crippen molar-refractivity contribution in [1.29, 1.82) is 0 Å². The Labute approximate surface area is 273 Å². The number of carbonyl (C=O) groups is 3. The van der Waals surface area contributed by atoms with Crippen LogP contribution in [0, 0.1) is 17.5 Å². The van der Waals surface area contributed by atoms with E-state index in [1.165, 1.54) is 35.0 Å². The highest BCUT2D eigenvalue weighted by atomic mass is 19.1. The lowest BCUT2D eigenvalue weighted by atomic mass is 10.1. The number of amides is 3. The first-order chi connectivity index (χ1) is 23.1. The number of H-pyrrole nitrogens is 1. The minimum Gasteiger partial charge on any atom is -0.486 e. The first-order valence-corrected chi connectivity index (χ1v) is 15.3. The number of hydrogen-bond acceptors (Lipinski definition) is 6. The van der Waals surface area contributed by atoms with Crippen LogP contribution in [-0.2, 0) is 27.5 Å². The highest BCUT2D eigenvalue weighted by Crippen LogP contribution is 2.29. The van der Waals surface area contributed by atoms with Crippen molar-refractivity contribution >= 4 is 34.5 Å². The molecular weight excluding hydrogens is 631 g/mol. The number of anilines is 1. The average Bonchev–Trinajstić information content (AvgIpc) is 3.74. The molecule has 3 N–H and O–H groups in total. The zero-order valence-corrected chi connectivity index (χ0v) is 26.1. The van der Waals surface area contributed by atoms with Crippen LogP contribution in [0.4, 0.5) is 23.7 Å². The Balaban J connectivity index is 1.27. The molecule has 0 bridgehead atoms. The minimum atomic E-state index is -1.07. The molecule has 1 atom stereocenters. The van der Waals surface area contributed by atoms with E-state index in [-0.39, 0.29) is 42.5 Å². The highest BCUT2D eigenvalue weighted by molar-refractivity contribution is 5.96. The lowest BCUT2D eigenvalue weighted by Crippen LogP contribution is -2.44. The molecule has 0 saturated carbocycles. The fraction of sp³-hybridized carbons (Fsp3) is 0.294. The number of aromatic nitrogens is 2. The topological polar surface area (TPSA) is 135 Å². The van der Waals surface area contributed by atoms with Crippen LogP contribution in [0.3, 0.4) is 0 Å². The van der Waals surface area contributed by atoms with E-state index < -0.39 is 41.1 Å². The van der Waals surface area contributed by atoms with Crippen LogP contribution in [-0.4, -0.2) is 58.6 Å². The summed E-state index contributed by atoms with van der Waals surface area (Å²) in [6.45, 7) is 1.15. The number of nitrogens with one attached hydrogen (secondary N) is 3. The number of likely N-dealkylation sites (tertiary alicyclic amines) is 1. The Kier molecular flexibility index (Phi) is 10.8. The summed E-state index contributed by atoms with van der Waals surface area (Å²) >= 11 is 0. The Hall–Kier alpha value is -5.53. The molecule has 0 spiro atoms. The Morgan fingerprint density at radius 3 is 2.58 bits per heavy atom. The third kappa shape index (κ3) is 8.43. The number of aromatic amines is 1. The molecule has 0 aliphatic carbocycles. The molecule has 5 rings (SSSR count). The molecule has 3 amide bonds. The Morgan fingerprint density at radius 1 is 1.04 bits per heavy atom. The molecule has 2 aromatic carbocycles. The third-order valence-corrected chi connectivity index (χ3v) is 7.82. The number of methoxy groups -OCH3 is 1. The van der Waals surface area contributed by atoms with Gasteiger partial charge in [-0.25, -0.2) is 18.0 Å². The van der Waals surface area contributed by atoms with Crippen molar-refractivity contribution in [3.05, 3.63) is 106 Å². The van der Waals surface area contributed by atoms with E-state index in [4.69, 9.17) is 4.74 Å². The van der Waals surface area contributed by atoms with Gasteiger partial charge in [0, 0.05) is 48.1 Å². The molecule has 252 valence electrons. The van der Waals surface area contributed by atoms with Gasteiger partial charge in [-0.2, -0.15) is 0 Å². The van der Waals surface area contributed by atoms with Gasteiger partial charge in [0.15, 0.2) is 0 Å². The summed E-state index contributed by atoms with van der Waals surface area (Å²) in [6, 6.07) is 9.00. The van der Waals surface area contributed by atoms with Crippen LogP contribution < -0.4 is 20.9 Å². The molecule has 14 heteroatoms. The fourth-order valence-corrected chi connectivity index (χ4v) is 5.35. The number of pyridine rings is 1. The van der Waals surface area contributed by atoms with Crippen molar-refractivity contribution in [2.75, 3.05) is 25.5 Å². The number of fused-ring (bicyclic) bond motifs is 1. The molecule has 1 aliphatic heterocycles. The van der Waals surface area contributed by atoms with Gasteiger partial charge in [-0.15, -0.1) is 0 Å². The number of ether oxygens (including phenoxy) is 2. The van der Waals surface area contributed by atoms with Gasteiger partial charge in [0.05, 0.1) is 19.2 Å². The Bertz CT molecular complexity index is 1900. The lowest BCUT2D eigenvalue weighted by Gasteiger charge is -2.17. The van der Waals surface area contributed by atoms with E-state index >= 15 is 0 Å². The summed E-state index contributed by atoms with van der Waals surface area (Å²) in [5, 5.41) is 5.46. The number of benzene rings is 2. The predicted octanol–water partition coefficient (Wildman–Crippen LogP) is 5.00. The zero-order valence-electron chi connectivity index (χ0n) is 26.1. The monoisotopic (exact) mass is 665 g/mol. The maximum absolute atomic E-state index is 14.4. The molecule has 11 nitrogen and oxygen atoms in total. The molecule has 4 aromatic rings. The average molecular weight is 666 g/mol. The van der Waals surface area contributed by atoms with Gasteiger partial charge in [-0.1, -0.05) is 6.08 Å². The van der Waals surface area contributed by atoms with Gasteiger partial charge >= 0.3 is 6.09 Å². The lowest BCUT2D eigenvalue weighted by molar-refractivity contribution is -0.125. The maximum Gasteiger partial charge on any atom is 0.407 e. The SMILES string of the molecule is COC(=O)NC(CC/C=C/C(=O)N1CCCC1)C(=O)Nc1cccn(Cc2cc3cc(F)cc(OCc4ccc(F)cc4F)c3[nH]2)c1=O. The standard InChI is InChI=1S/C34H34F3N5O6/c1-47-34(46)40-27(7-2-3-9-30(43)41-12-4-5-13-41)32(44)39-28-8-6-14-42(33(28)45)19-25-16-22-15-24(36)18-29(31(22)38-25)48-20-21-10-11-23(35)17-26(21)37/h3,6,8-11,14-18,27,38H,2,4-5,7,12-13,19-20H2,1H3,(H,39,44)(H,40,46)/b9-3+. The molecule has 2 aromatic heterocycles. The van der Waals surface area contributed by atoms with E-state index in [1.54, 1.807) is 23.1 Å². The van der Waals surface area contributed by atoms with Crippen LogP contribution in [0.25, 0.3) is 10.9 Å². The number of nitrogens with zero attached hydrogens (tertiary/aromatic N) is 2. The van der Waals surface area contributed by atoms with Crippen molar-refractivity contribution < 1.29 is 37.0 Å². The summed E-state index contributed by atoms with van der Waals surface area (Å²) < 4.78 is 53.4. The van der Waals surface area contributed by atoms with E-state index in [1.807, 2.05) is 0 Å². The van der Waals surface area contributed by atoms with Gasteiger partial charge in [0.25, 0.3) is 5.56 Å². The number of rotatable bonds is 12. The minimum absolute atomic E-state index is 0.00452. The van der Waals surface area contributed by atoms with Crippen LogP contribution in [0.5, 0.6) is 5.75 Å². The molecule has 1 aliphatic rings. The molecular formula is C34H34F3N5O6. The van der Waals surface area contributed by atoms with Gasteiger partial charge in [0.1, 0.15) is 41.5 Å². The first-order valence-electron chi connectivity index (χ1n) is 15.3. The molecule has 1 fully saturated rings. The molecule has 1 unspecified atom stereocenters. The van der Waals surface area contributed by atoms with Gasteiger partial charge in [-0.3, -0.25) is 14.4 Å². The number of carbonyl (C=O) groups excluding carboxylic acids is 3. The maximum atomic E-state index is 14.4. The van der Waals surface area contributed by atoms with Crippen LogP contribution in [0.15, 0.2) is 71.7 Å². The molecule has 1 saturated heterocycles. The molecule has 48 heavy (non-hydrogen) atoms. The van der Waals surface area contributed by atoms with Crippen LogP contribution in [0.2, 0.25) is 0 Å². The summed E-state index contributed by atoms with van der Waals surface area (Å²) in [5.74, 6) is -2.81. The van der Waals surface area contributed by atoms with E-state index in [0.717, 1.165) is 38.2 Å². The number of halogens is 3. The summed E-state index contributed by atoms with van der Waals surface area (Å²) in [6.07, 6.45) is 6.12. The second-order valence-corrected chi connectivity index (χ2v) is 11.2. The zero-order chi connectivity index (χ0) is 34.2. The number of hydrogen-bond donors (Lipinski definition) is 3. The number of alkyl carbamates (subject to hydrolysis) is 1. The predicted molar refractivity (Wildman–Crippen MR) is 171 cm³/mol. The van der Waals surface area contributed by atoms with Crippen molar-refractivity contribution in [3.63, 3.8) is 0 Å². The second kappa shape index (κ2) is 15.4. The quantitative estimate of drug-likeness (QED) is 0.183. The molecule has 0 radical (unpaired) electrons. The third-order valence-electron chi connectivity index (χ3n) is 7.82. The largest absolute Gasteiger partial charge is 0.486 e. The van der Waals surface area contributed by atoms with Gasteiger partial charge < -0.3 is 34.6 Å². The normalized spacial score (nSPS) is 13.5. The van der Waals surface area contributed by atoms with Crippen molar-refractivity contribution in [3.8, 4) is 5.75 Å².